The molecule has 0 spiro atoms. The standard InChI is InChI=1S/C11H10F2O2/c12-6-9(14)11-3-1-7-5-8(13)2-4-10(7)15-11/h2,4-5,11H,1,3,6H2. The molecule has 0 aliphatic carbocycles. The molecule has 15 heavy (non-hydrogen) atoms. The van der Waals surface area contributed by atoms with E-state index in [0.717, 1.165) is 5.56 Å². The maximum atomic E-state index is 12.8. The van der Waals surface area contributed by atoms with Crippen molar-refractivity contribution in [3.8, 4) is 5.75 Å². The smallest absolute Gasteiger partial charge is 0.204 e. The van der Waals surface area contributed by atoms with E-state index in [2.05, 4.69) is 0 Å². The number of halogens is 2. The van der Waals surface area contributed by atoms with Gasteiger partial charge in [0.05, 0.1) is 0 Å². The zero-order valence-corrected chi connectivity index (χ0v) is 8.00. The Morgan fingerprint density at radius 2 is 2.33 bits per heavy atom. The van der Waals surface area contributed by atoms with E-state index in [0.29, 0.717) is 18.6 Å². The molecule has 0 aromatic heterocycles. The first-order valence-electron chi connectivity index (χ1n) is 4.74. The molecule has 0 amide bonds. The Hall–Kier alpha value is -1.45. The second kappa shape index (κ2) is 3.96. The molecule has 1 aliphatic rings. The van der Waals surface area contributed by atoms with Crippen molar-refractivity contribution in [2.45, 2.75) is 18.9 Å². The molecule has 0 saturated heterocycles. The van der Waals surface area contributed by atoms with Crippen LogP contribution in [0, 0.1) is 5.82 Å². The molecule has 2 rings (SSSR count). The zero-order chi connectivity index (χ0) is 10.8. The molecule has 0 fully saturated rings. The van der Waals surface area contributed by atoms with Gasteiger partial charge in [0, 0.05) is 0 Å². The van der Waals surface area contributed by atoms with Crippen molar-refractivity contribution in [1.82, 2.24) is 0 Å². The number of carbonyl (C=O) groups is 1. The summed E-state index contributed by atoms with van der Waals surface area (Å²) in [6.45, 7) is -1.01. The number of hydrogen-bond acceptors (Lipinski definition) is 2. The summed E-state index contributed by atoms with van der Waals surface area (Å²) < 4.78 is 30.2. The van der Waals surface area contributed by atoms with E-state index in [1.807, 2.05) is 0 Å². The largest absolute Gasteiger partial charge is 0.482 e. The number of fused-ring (bicyclic) bond motifs is 1. The minimum absolute atomic E-state index is 0.326. The van der Waals surface area contributed by atoms with Crippen LogP contribution in [-0.2, 0) is 11.2 Å². The Kier molecular flexibility index (Phi) is 2.66. The minimum atomic E-state index is -1.01. The van der Waals surface area contributed by atoms with Gasteiger partial charge in [-0.2, -0.15) is 0 Å². The van der Waals surface area contributed by atoms with Crippen LogP contribution in [0.15, 0.2) is 18.2 Å². The lowest BCUT2D eigenvalue weighted by Crippen LogP contribution is -2.32. The van der Waals surface area contributed by atoms with Gasteiger partial charge in [-0.15, -0.1) is 0 Å². The van der Waals surface area contributed by atoms with Crippen molar-refractivity contribution in [3.05, 3.63) is 29.6 Å². The van der Waals surface area contributed by atoms with E-state index >= 15 is 0 Å². The number of Topliss-reactive ketones (excluding diaryl/α,β-unsaturated/α-hetero) is 1. The first-order chi connectivity index (χ1) is 7.20. The summed E-state index contributed by atoms with van der Waals surface area (Å²) in [4.78, 5) is 11.1. The highest BCUT2D eigenvalue weighted by atomic mass is 19.1. The predicted molar refractivity (Wildman–Crippen MR) is 50.1 cm³/mol. The molecular formula is C11H10F2O2. The third kappa shape index (κ3) is 1.98. The van der Waals surface area contributed by atoms with E-state index in [1.54, 1.807) is 0 Å². The molecule has 0 bridgehead atoms. The van der Waals surface area contributed by atoms with Gasteiger partial charge in [0.25, 0.3) is 0 Å². The van der Waals surface area contributed by atoms with Gasteiger partial charge in [-0.05, 0) is 36.6 Å². The summed E-state index contributed by atoms with van der Waals surface area (Å²) in [5, 5.41) is 0. The number of aryl methyl sites for hydroxylation is 1. The number of rotatable bonds is 2. The highest BCUT2D eigenvalue weighted by Crippen LogP contribution is 2.28. The van der Waals surface area contributed by atoms with Crippen LogP contribution in [0.1, 0.15) is 12.0 Å². The van der Waals surface area contributed by atoms with Crippen LogP contribution in [0.2, 0.25) is 0 Å². The van der Waals surface area contributed by atoms with Crippen molar-refractivity contribution < 1.29 is 18.3 Å². The van der Waals surface area contributed by atoms with E-state index < -0.39 is 18.6 Å². The molecule has 0 radical (unpaired) electrons. The van der Waals surface area contributed by atoms with Crippen LogP contribution in [-0.4, -0.2) is 18.6 Å². The highest BCUT2D eigenvalue weighted by Gasteiger charge is 2.25. The zero-order valence-electron chi connectivity index (χ0n) is 8.00. The van der Waals surface area contributed by atoms with Gasteiger partial charge in [-0.25, -0.2) is 8.78 Å². The Morgan fingerprint density at radius 1 is 1.53 bits per heavy atom. The fourth-order valence-corrected chi connectivity index (χ4v) is 1.67. The molecule has 1 aromatic carbocycles. The number of ketones is 1. The quantitative estimate of drug-likeness (QED) is 0.750. The summed E-state index contributed by atoms with van der Waals surface area (Å²) in [5.74, 6) is -0.396. The molecule has 4 heteroatoms. The van der Waals surface area contributed by atoms with Crippen LogP contribution in [0.4, 0.5) is 8.78 Å². The monoisotopic (exact) mass is 212 g/mol. The van der Waals surface area contributed by atoms with Crippen molar-refractivity contribution in [3.63, 3.8) is 0 Å². The van der Waals surface area contributed by atoms with Crippen molar-refractivity contribution in [1.29, 1.82) is 0 Å². The number of carbonyl (C=O) groups excluding carboxylic acids is 1. The topological polar surface area (TPSA) is 26.3 Å². The lowest BCUT2D eigenvalue weighted by atomic mass is 10.0. The van der Waals surface area contributed by atoms with Crippen LogP contribution in [0.5, 0.6) is 5.75 Å². The molecule has 1 aliphatic heterocycles. The van der Waals surface area contributed by atoms with Gasteiger partial charge in [0.15, 0.2) is 12.8 Å². The lowest BCUT2D eigenvalue weighted by molar-refractivity contribution is -0.127. The third-order valence-corrected chi connectivity index (χ3v) is 2.46. The Labute approximate surface area is 85.9 Å². The summed E-state index contributed by atoms with van der Waals surface area (Å²) in [6.07, 6.45) is 0.246. The minimum Gasteiger partial charge on any atom is -0.482 e. The molecule has 0 N–H and O–H groups in total. The summed E-state index contributed by atoms with van der Waals surface area (Å²) >= 11 is 0. The first-order valence-corrected chi connectivity index (χ1v) is 4.74. The maximum absolute atomic E-state index is 12.8. The predicted octanol–water partition coefficient (Wildman–Crippen LogP) is 2.06. The summed E-state index contributed by atoms with van der Waals surface area (Å²) in [7, 11) is 0. The van der Waals surface area contributed by atoms with Crippen LogP contribution < -0.4 is 4.74 Å². The van der Waals surface area contributed by atoms with Crippen molar-refractivity contribution in [2.75, 3.05) is 6.67 Å². The van der Waals surface area contributed by atoms with Crippen LogP contribution in [0.25, 0.3) is 0 Å². The van der Waals surface area contributed by atoms with E-state index in [4.69, 9.17) is 4.74 Å². The van der Waals surface area contributed by atoms with E-state index in [-0.39, 0.29) is 5.82 Å². The van der Waals surface area contributed by atoms with Gasteiger partial charge < -0.3 is 4.74 Å². The molecule has 80 valence electrons. The normalized spacial score (nSPS) is 19.2. The van der Waals surface area contributed by atoms with E-state index in [9.17, 15) is 13.6 Å². The third-order valence-electron chi connectivity index (χ3n) is 2.46. The van der Waals surface area contributed by atoms with Gasteiger partial charge in [0.2, 0.25) is 5.78 Å². The van der Waals surface area contributed by atoms with Crippen molar-refractivity contribution >= 4 is 5.78 Å². The molecule has 2 nitrogen and oxygen atoms in total. The van der Waals surface area contributed by atoms with Crippen LogP contribution in [0.3, 0.4) is 0 Å². The molecule has 1 atom stereocenters. The lowest BCUT2D eigenvalue weighted by Gasteiger charge is -2.24. The number of ether oxygens (including phenoxy) is 1. The Bertz CT molecular complexity index is 390. The fourth-order valence-electron chi connectivity index (χ4n) is 1.67. The second-order valence-electron chi connectivity index (χ2n) is 3.50. The van der Waals surface area contributed by atoms with Gasteiger partial charge in [-0.1, -0.05) is 0 Å². The molecule has 1 heterocycles. The Morgan fingerprint density at radius 3 is 3.07 bits per heavy atom. The summed E-state index contributed by atoms with van der Waals surface area (Å²) in [6, 6.07) is 4.12. The van der Waals surface area contributed by atoms with Gasteiger partial charge >= 0.3 is 0 Å². The number of benzene rings is 1. The fraction of sp³-hybridized carbons (Fsp3) is 0.364. The molecule has 1 unspecified atom stereocenters. The SMILES string of the molecule is O=C(CF)C1CCc2cc(F)ccc2O1. The first kappa shape index (κ1) is 10.1. The average Bonchev–Trinajstić information content (AvgIpc) is 2.27. The van der Waals surface area contributed by atoms with Gasteiger partial charge in [-0.3, -0.25) is 4.79 Å². The second-order valence-corrected chi connectivity index (χ2v) is 3.50. The highest BCUT2D eigenvalue weighted by molar-refractivity contribution is 5.84. The summed E-state index contributed by atoms with van der Waals surface area (Å²) in [5.41, 5.74) is 0.734. The Balaban J connectivity index is 2.20. The van der Waals surface area contributed by atoms with E-state index in [1.165, 1.54) is 18.2 Å². The molecule has 0 saturated carbocycles. The number of hydrogen-bond donors (Lipinski definition) is 0. The molecular weight excluding hydrogens is 202 g/mol. The average molecular weight is 212 g/mol. The number of alkyl halides is 1. The van der Waals surface area contributed by atoms with Crippen LogP contribution >= 0.6 is 0 Å². The van der Waals surface area contributed by atoms with Crippen molar-refractivity contribution in [2.24, 2.45) is 0 Å². The molecule has 1 aromatic rings. The van der Waals surface area contributed by atoms with Gasteiger partial charge in [0.1, 0.15) is 11.6 Å². The maximum Gasteiger partial charge on any atom is 0.204 e.